The van der Waals surface area contributed by atoms with E-state index in [-0.39, 0.29) is 18.2 Å². The van der Waals surface area contributed by atoms with Crippen LogP contribution in [0, 0.1) is 5.92 Å². The molecule has 0 bridgehead atoms. The number of halogens is 1. The van der Waals surface area contributed by atoms with Gasteiger partial charge in [0.2, 0.25) is 11.8 Å². The lowest BCUT2D eigenvalue weighted by molar-refractivity contribution is -0.122. The third-order valence-electron chi connectivity index (χ3n) is 5.15. The number of ether oxygens (including phenoxy) is 1. The predicted octanol–water partition coefficient (Wildman–Crippen LogP) is 3.17. The molecule has 0 saturated carbocycles. The van der Waals surface area contributed by atoms with E-state index in [0.29, 0.717) is 17.3 Å². The number of morpholine rings is 1. The second-order valence-corrected chi connectivity index (χ2v) is 7.40. The Balaban J connectivity index is 1.39. The van der Waals surface area contributed by atoms with E-state index in [1.807, 2.05) is 36.4 Å². The largest absolute Gasteiger partial charge is 0.378 e. The molecule has 6 nitrogen and oxygen atoms in total. The van der Waals surface area contributed by atoms with Crippen molar-refractivity contribution < 1.29 is 14.3 Å². The Bertz CT molecular complexity index is 865. The molecule has 2 aromatic carbocycles. The van der Waals surface area contributed by atoms with Gasteiger partial charge in [-0.15, -0.1) is 0 Å². The lowest BCUT2D eigenvalue weighted by atomic mass is 10.1. The topological polar surface area (TPSA) is 61.9 Å². The molecule has 4 rings (SSSR count). The molecule has 146 valence electrons. The number of carbonyl (C=O) groups excluding carboxylic acids is 2. The molecule has 1 atom stereocenters. The number of nitrogens with zero attached hydrogens (tertiary/aromatic N) is 2. The number of nitrogens with one attached hydrogen (secondary N) is 1. The maximum atomic E-state index is 12.7. The highest BCUT2D eigenvalue weighted by Crippen LogP contribution is 2.31. The number of anilines is 3. The van der Waals surface area contributed by atoms with Crippen LogP contribution >= 0.6 is 11.6 Å². The van der Waals surface area contributed by atoms with Crippen molar-refractivity contribution >= 4 is 40.5 Å². The van der Waals surface area contributed by atoms with Crippen molar-refractivity contribution in [3.8, 4) is 0 Å². The van der Waals surface area contributed by atoms with Gasteiger partial charge in [-0.2, -0.15) is 0 Å². The molecule has 2 fully saturated rings. The highest BCUT2D eigenvalue weighted by Gasteiger charge is 2.35. The van der Waals surface area contributed by atoms with Gasteiger partial charge < -0.3 is 19.9 Å². The summed E-state index contributed by atoms with van der Waals surface area (Å²) < 4.78 is 5.37. The minimum atomic E-state index is -0.400. The van der Waals surface area contributed by atoms with E-state index in [4.69, 9.17) is 16.3 Å². The number of rotatable bonds is 4. The van der Waals surface area contributed by atoms with Gasteiger partial charge in [0, 0.05) is 37.4 Å². The van der Waals surface area contributed by atoms with Crippen LogP contribution in [0.25, 0.3) is 0 Å². The van der Waals surface area contributed by atoms with Gasteiger partial charge in [0.05, 0.1) is 29.8 Å². The first kappa shape index (κ1) is 18.8. The highest BCUT2D eigenvalue weighted by atomic mass is 35.5. The number of hydrogen-bond acceptors (Lipinski definition) is 4. The molecule has 28 heavy (non-hydrogen) atoms. The van der Waals surface area contributed by atoms with Gasteiger partial charge in [-0.3, -0.25) is 9.59 Å². The zero-order chi connectivity index (χ0) is 19.5. The van der Waals surface area contributed by atoms with Crippen LogP contribution in [0.15, 0.2) is 48.5 Å². The van der Waals surface area contributed by atoms with E-state index >= 15 is 0 Å². The minimum absolute atomic E-state index is 0.0871. The first-order valence-corrected chi connectivity index (χ1v) is 9.78. The number of carbonyl (C=O) groups is 2. The van der Waals surface area contributed by atoms with Gasteiger partial charge in [0.15, 0.2) is 0 Å². The molecule has 1 N–H and O–H groups in total. The van der Waals surface area contributed by atoms with Crippen molar-refractivity contribution in [2.45, 2.75) is 6.42 Å². The fourth-order valence-electron chi connectivity index (χ4n) is 3.61. The summed E-state index contributed by atoms with van der Waals surface area (Å²) in [6.45, 7) is 3.54. The van der Waals surface area contributed by atoms with Crippen LogP contribution in [-0.2, 0) is 14.3 Å². The third kappa shape index (κ3) is 3.98. The Morgan fingerprint density at radius 1 is 1.07 bits per heavy atom. The average molecular weight is 400 g/mol. The van der Waals surface area contributed by atoms with E-state index < -0.39 is 5.92 Å². The molecular formula is C21H22ClN3O3. The standard InChI is InChI=1S/C21H22ClN3O3/c22-18-3-1-2-4-19(18)25-14-15(13-20(25)26)21(27)23-16-5-7-17(8-6-16)24-9-11-28-12-10-24/h1-8,15H,9-14H2,(H,23,27). The van der Waals surface area contributed by atoms with Crippen LogP contribution in [0.2, 0.25) is 5.02 Å². The zero-order valence-corrected chi connectivity index (χ0v) is 16.2. The van der Waals surface area contributed by atoms with Crippen LogP contribution in [-0.4, -0.2) is 44.7 Å². The van der Waals surface area contributed by atoms with Gasteiger partial charge in [0.1, 0.15) is 0 Å². The smallest absolute Gasteiger partial charge is 0.229 e. The second-order valence-electron chi connectivity index (χ2n) is 6.99. The van der Waals surface area contributed by atoms with Crippen molar-refractivity contribution in [2.24, 2.45) is 5.92 Å². The summed E-state index contributed by atoms with van der Waals surface area (Å²) in [5.41, 5.74) is 2.49. The van der Waals surface area contributed by atoms with E-state index in [0.717, 1.165) is 37.7 Å². The lowest BCUT2D eigenvalue weighted by Gasteiger charge is -2.28. The van der Waals surface area contributed by atoms with E-state index in [1.165, 1.54) is 0 Å². The summed E-state index contributed by atoms with van der Waals surface area (Å²) >= 11 is 6.20. The van der Waals surface area contributed by atoms with Gasteiger partial charge in [-0.05, 0) is 36.4 Å². The number of para-hydroxylation sites is 1. The first-order chi connectivity index (χ1) is 13.6. The molecule has 0 spiro atoms. The van der Waals surface area contributed by atoms with Crippen molar-refractivity contribution in [1.82, 2.24) is 0 Å². The molecular weight excluding hydrogens is 378 g/mol. The molecule has 0 aromatic heterocycles. The average Bonchev–Trinajstić information content (AvgIpc) is 3.11. The summed E-state index contributed by atoms with van der Waals surface area (Å²) in [6, 6.07) is 15.0. The van der Waals surface area contributed by atoms with E-state index in [1.54, 1.807) is 17.0 Å². The highest BCUT2D eigenvalue weighted by molar-refractivity contribution is 6.33. The van der Waals surface area contributed by atoms with E-state index in [2.05, 4.69) is 10.2 Å². The third-order valence-corrected chi connectivity index (χ3v) is 5.47. The van der Waals surface area contributed by atoms with Crippen LogP contribution in [0.4, 0.5) is 17.1 Å². The molecule has 2 aromatic rings. The molecule has 2 aliphatic heterocycles. The fraction of sp³-hybridized carbons (Fsp3) is 0.333. The molecule has 2 aliphatic rings. The molecule has 0 aliphatic carbocycles. The number of hydrogen-bond donors (Lipinski definition) is 1. The molecule has 1 unspecified atom stereocenters. The van der Waals surface area contributed by atoms with Gasteiger partial charge in [-0.25, -0.2) is 0 Å². The maximum Gasteiger partial charge on any atom is 0.229 e. The first-order valence-electron chi connectivity index (χ1n) is 9.40. The molecule has 2 heterocycles. The van der Waals surface area contributed by atoms with Crippen molar-refractivity contribution in [3.63, 3.8) is 0 Å². The van der Waals surface area contributed by atoms with Crippen molar-refractivity contribution in [3.05, 3.63) is 53.6 Å². The maximum absolute atomic E-state index is 12.7. The Kier molecular flexibility index (Phi) is 5.50. The van der Waals surface area contributed by atoms with Crippen molar-refractivity contribution in [1.29, 1.82) is 0 Å². The Hall–Kier alpha value is -2.57. The quantitative estimate of drug-likeness (QED) is 0.857. The number of benzene rings is 2. The number of amides is 2. The van der Waals surface area contributed by atoms with Crippen LogP contribution in [0.5, 0.6) is 0 Å². The summed E-state index contributed by atoms with van der Waals surface area (Å²) in [5.74, 6) is -0.638. The normalized spacial score (nSPS) is 19.8. The molecule has 0 radical (unpaired) electrons. The fourth-order valence-corrected chi connectivity index (χ4v) is 3.85. The SMILES string of the molecule is O=C(Nc1ccc(N2CCOCC2)cc1)C1CC(=O)N(c2ccccc2Cl)C1. The monoisotopic (exact) mass is 399 g/mol. The molecule has 2 saturated heterocycles. The Labute approximate surface area is 169 Å². The minimum Gasteiger partial charge on any atom is -0.378 e. The predicted molar refractivity (Wildman–Crippen MR) is 110 cm³/mol. The lowest BCUT2D eigenvalue weighted by Crippen LogP contribution is -2.36. The summed E-state index contributed by atoms with van der Waals surface area (Å²) in [4.78, 5) is 28.9. The summed E-state index contributed by atoms with van der Waals surface area (Å²) in [5, 5.41) is 3.44. The van der Waals surface area contributed by atoms with E-state index in [9.17, 15) is 9.59 Å². The van der Waals surface area contributed by atoms with Crippen LogP contribution in [0.1, 0.15) is 6.42 Å². The van der Waals surface area contributed by atoms with Gasteiger partial charge >= 0.3 is 0 Å². The van der Waals surface area contributed by atoms with Gasteiger partial charge in [-0.1, -0.05) is 23.7 Å². The summed E-state index contributed by atoms with van der Waals surface area (Å²) in [7, 11) is 0. The molecule has 7 heteroatoms. The second kappa shape index (κ2) is 8.20. The zero-order valence-electron chi connectivity index (χ0n) is 15.4. The van der Waals surface area contributed by atoms with Crippen molar-refractivity contribution in [2.75, 3.05) is 48.0 Å². The molecule has 2 amide bonds. The van der Waals surface area contributed by atoms with Crippen LogP contribution in [0.3, 0.4) is 0 Å². The van der Waals surface area contributed by atoms with Gasteiger partial charge in [0.25, 0.3) is 0 Å². The summed E-state index contributed by atoms with van der Waals surface area (Å²) in [6.07, 6.45) is 0.183. The van der Waals surface area contributed by atoms with Crippen LogP contribution < -0.4 is 15.1 Å². The Morgan fingerprint density at radius 3 is 2.50 bits per heavy atom. The Morgan fingerprint density at radius 2 is 1.79 bits per heavy atom.